The van der Waals surface area contributed by atoms with Crippen molar-refractivity contribution in [2.75, 3.05) is 20.2 Å². The van der Waals surface area contributed by atoms with Gasteiger partial charge in [-0.2, -0.15) is 0 Å². The van der Waals surface area contributed by atoms with E-state index in [-0.39, 0.29) is 5.92 Å². The fourth-order valence-electron chi connectivity index (χ4n) is 4.51. The molecule has 5 heteroatoms. The molecule has 4 rings (SSSR count). The van der Waals surface area contributed by atoms with Gasteiger partial charge in [0.25, 0.3) is 0 Å². The number of rotatable bonds is 5. The average Bonchev–Trinajstić information content (AvgIpc) is 3.29. The quantitative estimate of drug-likeness (QED) is 0.896. The molecule has 1 saturated heterocycles. The van der Waals surface area contributed by atoms with Gasteiger partial charge in [-0.25, -0.2) is 4.98 Å². The molecule has 1 atom stereocenters. The third-order valence-corrected chi connectivity index (χ3v) is 6.09. The normalized spacial score (nSPS) is 19.5. The maximum atomic E-state index is 10.7. The van der Waals surface area contributed by atoms with E-state index >= 15 is 0 Å². The van der Waals surface area contributed by atoms with Gasteiger partial charge >= 0.3 is 0 Å². The maximum Gasteiger partial charge on any atom is 0.137 e. The van der Waals surface area contributed by atoms with Crippen LogP contribution in [0.2, 0.25) is 0 Å². The van der Waals surface area contributed by atoms with E-state index in [1.807, 2.05) is 17.8 Å². The Balaban J connectivity index is 1.39. The van der Waals surface area contributed by atoms with Crippen molar-refractivity contribution in [2.24, 2.45) is 13.0 Å². The Kier molecular flexibility index (Phi) is 5.00. The SMILES string of the molecule is COc1cc2c(cc1CN1CCC([C@@H](O)c3nccn3C)CC1)CCC2. The van der Waals surface area contributed by atoms with Crippen molar-refractivity contribution in [2.45, 2.75) is 44.8 Å². The molecular weight excluding hydrogens is 326 g/mol. The van der Waals surface area contributed by atoms with Crippen LogP contribution in [-0.2, 0) is 26.4 Å². The first-order chi connectivity index (χ1) is 12.7. The van der Waals surface area contributed by atoms with Crippen molar-refractivity contribution in [3.8, 4) is 5.75 Å². The van der Waals surface area contributed by atoms with Gasteiger partial charge in [-0.15, -0.1) is 0 Å². The van der Waals surface area contributed by atoms with Crippen molar-refractivity contribution in [1.82, 2.24) is 14.5 Å². The van der Waals surface area contributed by atoms with E-state index in [0.29, 0.717) is 0 Å². The molecule has 0 saturated carbocycles. The highest BCUT2D eigenvalue weighted by molar-refractivity contribution is 5.44. The smallest absolute Gasteiger partial charge is 0.137 e. The molecule has 1 aliphatic heterocycles. The standard InChI is InChI=1S/C21H29N3O2/c1-23-11-8-22-21(23)20(25)15-6-9-24(10-7-15)14-18-12-16-4-3-5-17(16)13-19(18)26-2/h8,11-13,15,20,25H,3-7,9-10,14H2,1-2H3/t20-/m1/s1. The van der Waals surface area contributed by atoms with Gasteiger partial charge in [0.1, 0.15) is 17.7 Å². The van der Waals surface area contributed by atoms with Gasteiger partial charge in [0, 0.05) is 31.5 Å². The minimum absolute atomic E-state index is 0.286. The molecule has 140 valence electrons. The lowest BCUT2D eigenvalue weighted by molar-refractivity contribution is 0.0490. The Morgan fingerprint density at radius 3 is 2.62 bits per heavy atom. The van der Waals surface area contributed by atoms with Crippen molar-refractivity contribution in [3.05, 3.63) is 47.0 Å². The molecule has 1 aromatic heterocycles. The van der Waals surface area contributed by atoms with Gasteiger partial charge in [-0.3, -0.25) is 4.90 Å². The van der Waals surface area contributed by atoms with Gasteiger partial charge in [-0.05, 0) is 68.3 Å². The molecule has 2 aliphatic rings. The number of methoxy groups -OCH3 is 1. The predicted octanol–water partition coefficient (Wildman–Crippen LogP) is 2.86. The molecule has 2 heterocycles. The number of aliphatic hydroxyl groups is 1. The lowest BCUT2D eigenvalue weighted by Gasteiger charge is -2.34. The highest BCUT2D eigenvalue weighted by atomic mass is 16.5. The first kappa shape index (κ1) is 17.6. The van der Waals surface area contributed by atoms with Crippen LogP contribution >= 0.6 is 0 Å². The Bertz CT molecular complexity index is 763. The van der Waals surface area contributed by atoms with Crippen LogP contribution in [-0.4, -0.2) is 39.8 Å². The molecule has 0 bridgehead atoms. The van der Waals surface area contributed by atoms with Crippen molar-refractivity contribution in [1.29, 1.82) is 0 Å². The molecule has 1 aromatic carbocycles. The summed E-state index contributed by atoms with van der Waals surface area (Å²) in [6.45, 7) is 2.94. The lowest BCUT2D eigenvalue weighted by Crippen LogP contribution is -2.35. The summed E-state index contributed by atoms with van der Waals surface area (Å²) in [4.78, 5) is 6.80. The zero-order chi connectivity index (χ0) is 18.1. The van der Waals surface area contributed by atoms with Crippen molar-refractivity contribution < 1.29 is 9.84 Å². The summed E-state index contributed by atoms with van der Waals surface area (Å²) in [5, 5.41) is 10.7. The Morgan fingerprint density at radius 2 is 1.96 bits per heavy atom. The number of aliphatic hydroxyl groups excluding tert-OH is 1. The summed E-state index contributed by atoms with van der Waals surface area (Å²) in [6.07, 6.45) is 8.83. The maximum absolute atomic E-state index is 10.7. The number of hydrogen-bond donors (Lipinski definition) is 1. The fraction of sp³-hybridized carbons (Fsp3) is 0.571. The molecule has 26 heavy (non-hydrogen) atoms. The summed E-state index contributed by atoms with van der Waals surface area (Å²) in [5.41, 5.74) is 4.26. The number of ether oxygens (including phenoxy) is 1. The topological polar surface area (TPSA) is 50.5 Å². The van der Waals surface area contributed by atoms with E-state index in [1.165, 1.54) is 36.0 Å². The summed E-state index contributed by atoms with van der Waals surface area (Å²) in [5.74, 6) is 2.10. The van der Waals surface area contributed by atoms with E-state index < -0.39 is 6.10 Å². The Labute approximate surface area is 155 Å². The molecule has 0 amide bonds. The molecular formula is C21H29N3O2. The van der Waals surface area contributed by atoms with Gasteiger partial charge in [0.15, 0.2) is 0 Å². The number of likely N-dealkylation sites (tertiary alicyclic amines) is 1. The average molecular weight is 355 g/mol. The van der Waals surface area contributed by atoms with Crippen molar-refractivity contribution >= 4 is 0 Å². The number of piperidine rings is 1. The fourth-order valence-corrected chi connectivity index (χ4v) is 4.51. The van der Waals surface area contributed by atoms with Crippen LogP contribution in [0.3, 0.4) is 0 Å². The lowest BCUT2D eigenvalue weighted by atomic mass is 9.90. The Morgan fingerprint density at radius 1 is 1.23 bits per heavy atom. The molecule has 2 aromatic rings. The summed E-state index contributed by atoms with van der Waals surface area (Å²) >= 11 is 0. The number of fused-ring (bicyclic) bond motifs is 1. The number of hydrogen-bond acceptors (Lipinski definition) is 4. The predicted molar refractivity (Wildman–Crippen MR) is 101 cm³/mol. The van der Waals surface area contributed by atoms with E-state index in [2.05, 4.69) is 22.0 Å². The number of nitrogens with zero attached hydrogens (tertiary/aromatic N) is 3. The zero-order valence-corrected chi connectivity index (χ0v) is 15.8. The minimum Gasteiger partial charge on any atom is -0.496 e. The molecule has 5 nitrogen and oxygen atoms in total. The number of aryl methyl sites for hydroxylation is 3. The van der Waals surface area contributed by atoms with Crippen LogP contribution in [0.25, 0.3) is 0 Å². The second-order valence-electron chi connectivity index (χ2n) is 7.74. The first-order valence-corrected chi connectivity index (χ1v) is 9.72. The highest BCUT2D eigenvalue weighted by Gasteiger charge is 2.29. The van der Waals surface area contributed by atoms with E-state index in [0.717, 1.165) is 44.0 Å². The monoisotopic (exact) mass is 355 g/mol. The molecule has 1 N–H and O–H groups in total. The third kappa shape index (κ3) is 3.38. The number of benzene rings is 1. The van der Waals surface area contributed by atoms with Gasteiger partial charge < -0.3 is 14.4 Å². The largest absolute Gasteiger partial charge is 0.496 e. The molecule has 1 fully saturated rings. The van der Waals surface area contributed by atoms with E-state index in [1.54, 1.807) is 13.3 Å². The minimum atomic E-state index is -0.466. The van der Waals surface area contributed by atoms with Crippen molar-refractivity contribution in [3.63, 3.8) is 0 Å². The highest BCUT2D eigenvalue weighted by Crippen LogP contribution is 2.33. The molecule has 0 spiro atoms. The molecule has 1 aliphatic carbocycles. The van der Waals surface area contributed by atoms with Crippen LogP contribution in [0.1, 0.15) is 47.9 Å². The van der Waals surface area contributed by atoms with Crippen LogP contribution in [0, 0.1) is 5.92 Å². The summed E-state index contributed by atoms with van der Waals surface area (Å²) in [7, 11) is 3.72. The van der Waals surface area contributed by atoms with Crippen LogP contribution in [0.4, 0.5) is 0 Å². The van der Waals surface area contributed by atoms with Crippen LogP contribution in [0.15, 0.2) is 24.5 Å². The second-order valence-corrected chi connectivity index (χ2v) is 7.74. The van der Waals surface area contributed by atoms with Gasteiger partial charge in [-0.1, -0.05) is 6.07 Å². The van der Waals surface area contributed by atoms with Crippen LogP contribution < -0.4 is 4.74 Å². The molecule has 0 unspecified atom stereocenters. The summed E-state index contributed by atoms with van der Waals surface area (Å²) < 4.78 is 7.58. The number of imidazole rings is 1. The zero-order valence-electron chi connectivity index (χ0n) is 15.8. The van der Waals surface area contributed by atoms with E-state index in [4.69, 9.17) is 4.74 Å². The third-order valence-electron chi connectivity index (χ3n) is 6.09. The number of aromatic nitrogens is 2. The first-order valence-electron chi connectivity index (χ1n) is 9.72. The Hall–Kier alpha value is -1.85. The van der Waals surface area contributed by atoms with Crippen LogP contribution in [0.5, 0.6) is 5.75 Å². The second kappa shape index (κ2) is 7.41. The van der Waals surface area contributed by atoms with Gasteiger partial charge in [0.2, 0.25) is 0 Å². The van der Waals surface area contributed by atoms with E-state index in [9.17, 15) is 5.11 Å². The summed E-state index contributed by atoms with van der Waals surface area (Å²) in [6, 6.07) is 4.60. The molecule has 0 radical (unpaired) electrons. The van der Waals surface area contributed by atoms with Gasteiger partial charge in [0.05, 0.1) is 7.11 Å².